The number of hydrogen-bond acceptors (Lipinski definition) is 7. The van der Waals surface area contributed by atoms with Crippen LogP contribution in [0.1, 0.15) is 34.1 Å². The number of hydrogen-bond donors (Lipinski definition) is 0. The number of ether oxygens (including phenoxy) is 6. The quantitative estimate of drug-likeness (QED) is 0.310. The first-order valence-corrected chi connectivity index (χ1v) is 8.56. The van der Waals surface area contributed by atoms with Gasteiger partial charge in [-0.25, -0.2) is 0 Å². The van der Waals surface area contributed by atoms with Crippen LogP contribution >= 0.6 is 0 Å². The molecule has 0 N–H and O–H groups in total. The SMILES string of the molecule is CCOCCOCCOCCOCCOCCC(=O)OC(C)(C)C. The summed E-state index contributed by atoms with van der Waals surface area (Å²) < 4.78 is 31.6. The van der Waals surface area contributed by atoms with E-state index >= 15 is 0 Å². The molecule has 0 aromatic carbocycles. The van der Waals surface area contributed by atoms with Crippen LogP contribution < -0.4 is 0 Å². The molecule has 0 radical (unpaired) electrons. The zero-order valence-electron chi connectivity index (χ0n) is 15.6. The third-order valence-electron chi connectivity index (χ3n) is 2.56. The lowest BCUT2D eigenvalue weighted by Crippen LogP contribution is -2.24. The summed E-state index contributed by atoms with van der Waals surface area (Å²) in [5, 5.41) is 0. The molecule has 0 saturated carbocycles. The van der Waals surface area contributed by atoms with Gasteiger partial charge in [0.2, 0.25) is 0 Å². The van der Waals surface area contributed by atoms with Gasteiger partial charge in [0.25, 0.3) is 0 Å². The topological polar surface area (TPSA) is 72.5 Å². The fourth-order valence-electron chi connectivity index (χ4n) is 1.57. The van der Waals surface area contributed by atoms with Gasteiger partial charge in [-0.3, -0.25) is 4.79 Å². The summed E-state index contributed by atoms with van der Waals surface area (Å²) in [6, 6.07) is 0. The predicted molar refractivity (Wildman–Crippen MR) is 90.2 cm³/mol. The Morgan fingerprint density at radius 3 is 1.42 bits per heavy atom. The second-order valence-electron chi connectivity index (χ2n) is 5.98. The average Bonchev–Trinajstić information content (AvgIpc) is 2.49. The van der Waals surface area contributed by atoms with E-state index in [1.807, 2.05) is 27.7 Å². The van der Waals surface area contributed by atoms with E-state index in [1.54, 1.807) is 0 Å². The van der Waals surface area contributed by atoms with E-state index in [2.05, 4.69) is 0 Å². The Morgan fingerprint density at radius 1 is 0.667 bits per heavy atom. The first kappa shape index (κ1) is 23.3. The summed E-state index contributed by atoms with van der Waals surface area (Å²) in [7, 11) is 0. The monoisotopic (exact) mass is 350 g/mol. The van der Waals surface area contributed by atoms with Crippen molar-refractivity contribution < 1.29 is 33.2 Å². The third kappa shape index (κ3) is 19.3. The molecular weight excluding hydrogens is 316 g/mol. The molecule has 0 aliphatic rings. The Hall–Kier alpha value is -0.730. The molecule has 0 rings (SSSR count). The van der Waals surface area contributed by atoms with E-state index < -0.39 is 5.60 Å². The van der Waals surface area contributed by atoms with Crippen molar-refractivity contribution in [3.8, 4) is 0 Å². The summed E-state index contributed by atoms with van der Waals surface area (Å²) >= 11 is 0. The Bertz CT molecular complexity index is 289. The largest absolute Gasteiger partial charge is 0.460 e. The first-order valence-electron chi connectivity index (χ1n) is 8.56. The lowest BCUT2D eigenvalue weighted by atomic mass is 10.2. The van der Waals surface area contributed by atoms with Gasteiger partial charge in [0.05, 0.1) is 65.9 Å². The molecule has 24 heavy (non-hydrogen) atoms. The van der Waals surface area contributed by atoms with Crippen molar-refractivity contribution in [2.45, 2.75) is 39.7 Å². The second kappa shape index (κ2) is 15.8. The molecule has 0 aromatic heterocycles. The lowest BCUT2D eigenvalue weighted by molar-refractivity contribution is -0.156. The molecule has 0 heterocycles. The van der Waals surface area contributed by atoms with Crippen molar-refractivity contribution in [3.05, 3.63) is 0 Å². The Labute approximate surface area is 145 Å². The Kier molecular flexibility index (Phi) is 15.3. The van der Waals surface area contributed by atoms with Crippen LogP contribution in [0.5, 0.6) is 0 Å². The summed E-state index contributed by atoms with van der Waals surface area (Å²) in [6.45, 7) is 12.8. The highest BCUT2D eigenvalue weighted by Crippen LogP contribution is 2.07. The zero-order chi connectivity index (χ0) is 18.1. The van der Waals surface area contributed by atoms with Gasteiger partial charge in [-0.05, 0) is 27.7 Å². The highest BCUT2D eigenvalue weighted by Gasteiger charge is 2.15. The van der Waals surface area contributed by atoms with Crippen LogP contribution in [0.4, 0.5) is 0 Å². The minimum absolute atomic E-state index is 0.250. The molecular formula is C17H34O7. The highest BCUT2D eigenvalue weighted by atomic mass is 16.6. The molecule has 0 spiro atoms. The summed E-state index contributed by atoms with van der Waals surface area (Å²) in [5.41, 5.74) is -0.450. The van der Waals surface area contributed by atoms with Gasteiger partial charge in [-0.15, -0.1) is 0 Å². The van der Waals surface area contributed by atoms with E-state index in [0.717, 1.165) is 0 Å². The molecule has 0 atom stereocenters. The number of rotatable bonds is 16. The van der Waals surface area contributed by atoms with Crippen LogP contribution in [-0.2, 0) is 33.2 Å². The van der Waals surface area contributed by atoms with Gasteiger partial charge >= 0.3 is 5.97 Å². The van der Waals surface area contributed by atoms with Crippen molar-refractivity contribution in [1.29, 1.82) is 0 Å². The van der Waals surface area contributed by atoms with Crippen molar-refractivity contribution in [2.75, 3.05) is 66.1 Å². The third-order valence-corrected chi connectivity index (χ3v) is 2.56. The van der Waals surface area contributed by atoms with Gasteiger partial charge < -0.3 is 28.4 Å². The standard InChI is InChI=1S/C17H34O7/c1-5-19-8-9-21-12-13-23-15-14-22-11-10-20-7-6-16(18)24-17(2,3)4/h5-15H2,1-4H3. The van der Waals surface area contributed by atoms with Crippen molar-refractivity contribution in [2.24, 2.45) is 0 Å². The van der Waals surface area contributed by atoms with E-state index in [4.69, 9.17) is 28.4 Å². The highest BCUT2D eigenvalue weighted by molar-refractivity contribution is 5.69. The molecule has 0 aliphatic carbocycles. The fraction of sp³-hybridized carbons (Fsp3) is 0.941. The number of carbonyl (C=O) groups excluding carboxylic acids is 1. The van der Waals surface area contributed by atoms with Gasteiger partial charge in [0, 0.05) is 6.61 Å². The van der Waals surface area contributed by atoms with Crippen molar-refractivity contribution in [3.63, 3.8) is 0 Å². The zero-order valence-corrected chi connectivity index (χ0v) is 15.6. The molecule has 0 unspecified atom stereocenters. The average molecular weight is 350 g/mol. The maximum atomic E-state index is 11.4. The summed E-state index contributed by atoms with van der Waals surface area (Å²) in [6.07, 6.45) is 0.254. The maximum absolute atomic E-state index is 11.4. The van der Waals surface area contributed by atoms with Crippen LogP contribution in [0.25, 0.3) is 0 Å². The maximum Gasteiger partial charge on any atom is 0.308 e. The lowest BCUT2D eigenvalue weighted by Gasteiger charge is -2.19. The predicted octanol–water partition coefficient (Wildman–Crippen LogP) is 1.82. The summed E-state index contributed by atoms with van der Waals surface area (Å²) in [4.78, 5) is 11.4. The van der Waals surface area contributed by atoms with E-state index in [-0.39, 0.29) is 12.4 Å². The normalized spacial score (nSPS) is 11.7. The smallest absolute Gasteiger partial charge is 0.308 e. The Balaban J connectivity index is 3.14. The minimum Gasteiger partial charge on any atom is -0.460 e. The van der Waals surface area contributed by atoms with Crippen LogP contribution in [0, 0.1) is 0 Å². The molecule has 0 aromatic rings. The molecule has 7 nitrogen and oxygen atoms in total. The second-order valence-corrected chi connectivity index (χ2v) is 5.98. The van der Waals surface area contributed by atoms with Gasteiger partial charge in [-0.2, -0.15) is 0 Å². The molecule has 0 fully saturated rings. The van der Waals surface area contributed by atoms with E-state index in [9.17, 15) is 4.79 Å². The molecule has 0 bridgehead atoms. The minimum atomic E-state index is -0.450. The van der Waals surface area contributed by atoms with Crippen LogP contribution in [0.15, 0.2) is 0 Å². The van der Waals surface area contributed by atoms with Gasteiger partial charge in [0.15, 0.2) is 0 Å². The van der Waals surface area contributed by atoms with E-state index in [1.165, 1.54) is 0 Å². The van der Waals surface area contributed by atoms with Gasteiger partial charge in [0.1, 0.15) is 5.60 Å². The van der Waals surface area contributed by atoms with Crippen LogP contribution in [-0.4, -0.2) is 77.6 Å². The fourth-order valence-corrected chi connectivity index (χ4v) is 1.57. The Morgan fingerprint density at radius 2 is 1.04 bits per heavy atom. The number of esters is 1. The molecule has 144 valence electrons. The van der Waals surface area contributed by atoms with Crippen LogP contribution in [0.3, 0.4) is 0 Å². The van der Waals surface area contributed by atoms with Crippen molar-refractivity contribution in [1.82, 2.24) is 0 Å². The van der Waals surface area contributed by atoms with Crippen molar-refractivity contribution >= 4 is 5.97 Å². The van der Waals surface area contributed by atoms with E-state index in [0.29, 0.717) is 66.1 Å². The van der Waals surface area contributed by atoms with Gasteiger partial charge in [-0.1, -0.05) is 0 Å². The molecule has 7 heteroatoms. The molecule has 0 aliphatic heterocycles. The first-order chi connectivity index (χ1) is 11.5. The molecule has 0 amide bonds. The van der Waals surface area contributed by atoms with Crippen LogP contribution in [0.2, 0.25) is 0 Å². The summed E-state index contributed by atoms with van der Waals surface area (Å²) in [5.74, 6) is -0.250. The molecule has 0 saturated heterocycles. The number of carbonyl (C=O) groups is 1.